The summed E-state index contributed by atoms with van der Waals surface area (Å²) in [7, 11) is 0. The average molecular weight is 248 g/mol. The summed E-state index contributed by atoms with van der Waals surface area (Å²) in [6.07, 6.45) is 4.02. The number of aryl methyl sites for hydroxylation is 1. The number of aromatic nitrogens is 2. The topological polar surface area (TPSA) is 57.3 Å². The molecule has 0 bridgehead atoms. The molecule has 2 aromatic heterocycles. The molecule has 0 fully saturated rings. The first-order valence-electron chi connectivity index (χ1n) is 5.96. The highest BCUT2D eigenvalue weighted by Crippen LogP contribution is 2.11. The minimum atomic E-state index is -0.436. The quantitative estimate of drug-likeness (QED) is 0.762. The smallest absolute Gasteiger partial charge is 0.374 e. The maximum absolute atomic E-state index is 11.8. The standard InChI is InChI=1S/C13H16N2O3/c1-3-11-5-6-12(18-11)13(16)17-10(2)9-15-8-4-7-14-15/h4-8,10H,3,9H2,1-2H3/t10-/m1/s1. The first-order valence-corrected chi connectivity index (χ1v) is 5.96. The number of hydrogen-bond donors (Lipinski definition) is 0. The van der Waals surface area contributed by atoms with Crippen molar-refractivity contribution in [2.45, 2.75) is 32.9 Å². The second kappa shape index (κ2) is 5.53. The minimum absolute atomic E-state index is 0.249. The molecule has 0 unspecified atom stereocenters. The highest BCUT2D eigenvalue weighted by molar-refractivity contribution is 5.86. The van der Waals surface area contributed by atoms with Crippen LogP contribution in [0.3, 0.4) is 0 Å². The second-order valence-electron chi connectivity index (χ2n) is 4.06. The van der Waals surface area contributed by atoms with Gasteiger partial charge in [-0.3, -0.25) is 4.68 Å². The molecule has 0 aliphatic carbocycles. The van der Waals surface area contributed by atoms with Crippen LogP contribution in [0.5, 0.6) is 0 Å². The Balaban J connectivity index is 1.90. The Morgan fingerprint density at radius 3 is 3.00 bits per heavy atom. The van der Waals surface area contributed by atoms with Crippen LogP contribution >= 0.6 is 0 Å². The lowest BCUT2D eigenvalue weighted by atomic mass is 10.3. The van der Waals surface area contributed by atoms with Gasteiger partial charge in [0.05, 0.1) is 6.54 Å². The van der Waals surface area contributed by atoms with Gasteiger partial charge in [0.1, 0.15) is 11.9 Å². The van der Waals surface area contributed by atoms with Gasteiger partial charge in [-0.1, -0.05) is 6.92 Å². The maximum atomic E-state index is 11.8. The van der Waals surface area contributed by atoms with Crippen LogP contribution in [0.1, 0.15) is 30.2 Å². The molecule has 5 heteroatoms. The summed E-state index contributed by atoms with van der Waals surface area (Å²) in [5, 5.41) is 4.06. The molecule has 0 aromatic carbocycles. The van der Waals surface area contributed by atoms with Gasteiger partial charge in [0.2, 0.25) is 5.76 Å². The number of carbonyl (C=O) groups is 1. The number of esters is 1. The van der Waals surface area contributed by atoms with Crippen molar-refractivity contribution in [1.82, 2.24) is 9.78 Å². The van der Waals surface area contributed by atoms with Gasteiger partial charge in [0.15, 0.2) is 0 Å². The van der Waals surface area contributed by atoms with E-state index >= 15 is 0 Å². The average Bonchev–Trinajstić information content (AvgIpc) is 2.98. The Kier molecular flexibility index (Phi) is 3.82. The van der Waals surface area contributed by atoms with Crippen LogP contribution in [0, 0.1) is 0 Å². The van der Waals surface area contributed by atoms with Crippen molar-refractivity contribution in [2.75, 3.05) is 0 Å². The lowest BCUT2D eigenvalue weighted by molar-refractivity contribution is 0.0261. The minimum Gasteiger partial charge on any atom is -0.455 e. The van der Waals surface area contributed by atoms with Gasteiger partial charge >= 0.3 is 5.97 Å². The van der Waals surface area contributed by atoms with Gasteiger partial charge in [-0.2, -0.15) is 5.10 Å². The molecule has 5 nitrogen and oxygen atoms in total. The SMILES string of the molecule is CCc1ccc(C(=O)O[C@H](C)Cn2cccn2)o1. The Hall–Kier alpha value is -2.04. The van der Waals surface area contributed by atoms with Crippen LogP contribution in [0.2, 0.25) is 0 Å². The van der Waals surface area contributed by atoms with E-state index in [0.29, 0.717) is 6.54 Å². The predicted octanol–water partition coefficient (Wildman–Crippen LogP) is 2.28. The van der Waals surface area contributed by atoms with Gasteiger partial charge in [-0.05, 0) is 25.1 Å². The van der Waals surface area contributed by atoms with Gasteiger partial charge in [-0.25, -0.2) is 4.79 Å². The summed E-state index contributed by atoms with van der Waals surface area (Å²) >= 11 is 0. The molecule has 0 spiro atoms. The third-order valence-corrected chi connectivity index (χ3v) is 2.52. The van der Waals surface area contributed by atoms with Gasteiger partial charge < -0.3 is 9.15 Å². The highest BCUT2D eigenvalue weighted by Gasteiger charge is 2.16. The van der Waals surface area contributed by atoms with E-state index in [4.69, 9.17) is 9.15 Å². The Morgan fingerprint density at radius 2 is 2.39 bits per heavy atom. The van der Waals surface area contributed by atoms with E-state index in [9.17, 15) is 4.79 Å². The lowest BCUT2D eigenvalue weighted by Crippen LogP contribution is -2.20. The molecule has 0 saturated carbocycles. The lowest BCUT2D eigenvalue weighted by Gasteiger charge is -2.12. The predicted molar refractivity (Wildman–Crippen MR) is 65.2 cm³/mol. The van der Waals surface area contributed by atoms with Crippen LogP contribution in [-0.2, 0) is 17.7 Å². The largest absolute Gasteiger partial charge is 0.455 e. The normalized spacial score (nSPS) is 12.3. The molecule has 96 valence electrons. The number of nitrogens with zero attached hydrogens (tertiary/aromatic N) is 2. The van der Waals surface area contributed by atoms with Crippen LogP contribution in [0.15, 0.2) is 35.0 Å². The molecule has 0 aliphatic rings. The second-order valence-corrected chi connectivity index (χ2v) is 4.06. The van der Waals surface area contributed by atoms with E-state index in [2.05, 4.69) is 5.10 Å². The molecule has 0 radical (unpaired) electrons. The summed E-state index contributed by atoms with van der Waals surface area (Å²) in [6, 6.07) is 5.26. The highest BCUT2D eigenvalue weighted by atomic mass is 16.6. The van der Waals surface area contributed by atoms with Crippen molar-refractivity contribution in [3.63, 3.8) is 0 Å². The monoisotopic (exact) mass is 248 g/mol. The molecule has 2 heterocycles. The Morgan fingerprint density at radius 1 is 1.56 bits per heavy atom. The molecule has 0 N–H and O–H groups in total. The number of rotatable bonds is 5. The molecule has 2 aromatic rings. The zero-order valence-electron chi connectivity index (χ0n) is 10.5. The third kappa shape index (κ3) is 3.00. The first kappa shape index (κ1) is 12.4. The summed E-state index contributed by atoms with van der Waals surface area (Å²) in [6.45, 7) is 4.32. The fourth-order valence-corrected chi connectivity index (χ4v) is 1.63. The Bertz CT molecular complexity index is 502. The fraction of sp³-hybridized carbons (Fsp3) is 0.385. The van der Waals surface area contributed by atoms with Crippen LogP contribution in [0.4, 0.5) is 0 Å². The number of furan rings is 1. The molecule has 0 aliphatic heterocycles. The van der Waals surface area contributed by atoms with E-state index in [1.54, 1.807) is 23.0 Å². The molecular formula is C13H16N2O3. The van der Waals surface area contributed by atoms with Gasteiger partial charge in [0.25, 0.3) is 0 Å². The van der Waals surface area contributed by atoms with Crippen molar-refractivity contribution in [3.05, 3.63) is 42.1 Å². The summed E-state index contributed by atoms with van der Waals surface area (Å²) in [4.78, 5) is 11.8. The summed E-state index contributed by atoms with van der Waals surface area (Å²) in [5.41, 5.74) is 0. The summed E-state index contributed by atoms with van der Waals surface area (Å²) in [5.74, 6) is 0.593. The zero-order chi connectivity index (χ0) is 13.0. The van der Waals surface area contributed by atoms with Crippen molar-refractivity contribution in [1.29, 1.82) is 0 Å². The Labute approximate surface area is 105 Å². The van der Waals surface area contributed by atoms with E-state index in [0.717, 1.165) is 12.2 Å². The molecule has 1 atom stereocenters. The summed E-state index contributed by atoms with van der Waals surface area (Å²) < 4.78 is 12.3. The van der Waals surface area contributed by atoms with Crippen LogP contribution in [-0.4, -0.2) is 21.9 Å². The zero-order valence-corrected chi connectivity index (χ0v) is 10.5. The van der Waals surface area contributed by atoms with Gasteiger partial charge in [-0.15, -0.1) is 0 Å². The molecule has 2 rings (SSSR count). The fourth-order valence-electron chi connectivity index (χ4n) is 1.63. The number of carbonyl (C=O) groups excluding carboxylic acids is 1. The van der Waals surface area contributed by atoms with E-state index < -0.39 is 5.97 Å². The molecule has 0 saturated heterocycles. The molecule has 18 heavy (non-hydrogen) atoms. The van der Waals surface area contributed by atoms with E-state index in [-0.39, 0.29) is 11.9 Å². The van der Waals surface area contributed by atoms with Crippen molar-refractivity contribution in [3.8, 4) is 0 Å². The van der Waals surface area contributed by atoms with Crippen molar-refractivity contribution in [2.24, 2.45) is 0 Å². The van der Waals surface area contributed by atoms with E-state index in [1.807, 2.05) is 26.1 Å². The van der Waals surface area contributed by atoms with Crippen LogP contribution in [0.25, 0.3) is 0 Å². The van der Waals surface area contributed by atoms with Gasteiger partial charge in [0, 0.05) is 18.8 Å². The maximum Gasteiger partial charge on any atom is 0.374 e. The third-order valence-electron chi connectivity index (χ3n) is 2.52. The van der Waals surface area contributed by atoms with Crippen molar-refractivity contribution >= 4 is 5.97 Å². The molecule has 0 amide bonds. The molecular weight excluding hydrogens is 232 g/mol. The van der Waals surface area contributed by atoms with E-state index in [1.165, 1.54) is 0 Å². The number of ether oxygens (including phenoxy) is 1. The van der Waals surface area contributed by atoms with Crippen molar-refractivity contribution < 1.29 is 13.9 Å². The first-order chi connectivity index (χ1) is 8.69. The number of hydrogen-bond acceptors (Lipinski definition) is 4. The van der Waals surface area contributed by atoms with Crippen LogP contribution < -0.4 is 0 Å².